The molecule has 1 N–H and O–H groups in total. The van der Waals surface area contributed by atoms with E-state index in [1.165, 1.54) is 30.4 Å². The number of aromatic nitrogens is 1. The number of carbonyl (C=O) groups is 1. The Hall–Kier alpha value is -2.67. The van der Waals surface area contributed by atoms with Crippen molar-refractivity contribution in [3.05, 3.63) is 65.5 Å². The smallest absolute Gasteiger partial charge is 0.250 e. The van der Waals surface area contributed by atoms with Gasteiger partial charge in [0.2, 0.25) is 5.91 Å². The molecule has 0 atom stereocenters. The number of nitrogens with zero attached hydrogens (tertiary/aromatic N) is 1. The molecule has 1 aromatic heterocycles. The summed E-state index contributed by atoms with van der Waals surface area (Å²) in [7, 11) is 0. The van der Waals surface area contributed by atoms with E-state index in [1.807, 2.05) is 0 Å². The van der Waals surface area contributed by atoms with Gasteiger partial charge in [-0.1, -0.05) is 23.5 Å². The van der Waals surface area contributed by atoms with Crippen LogP contribution in [0.15, 0.2) is 42.5 Å². The first-order chi connectivity index (χ1) is 11.0. The zero-order chi connectivity index (χ0) is 16.4. The summed E-state index contributed by atoms with van der Waals surface area (Å²) in [6.07, 6.45) is 2.64. The first-order valence-corrected chi connectivity index (χ1v) is 7.33. The summed E-state index contributed by atoms with van der Waals surface area (Å²) in [4.78, 5) is 15.7. The molecule has 3 aromatic rings. The van der Waals surface area contributed by atoms with Gasteiger partial charge in [-0.25, -0.2) is 18.2 Å². The summed E-state index contributed by atoms with van der Waals surface area (Å²) in [5.74, 6) is -2.40. The average Bonchev–Trinajstić information content (AvgIpc) is 2.88. The number of anilines is 1. The Morgan fingerprint density at radius 3 is 2.74 bits per heavy atom. The number of nitrogens with one attached hydrogen (secondary N) is 1. The molecule has 0 radical (unpaired) electrons. The van der Waals surface area contributed by atoms with Crippen molar-refractivity contribution in [1.29, 1.82) is 0 Å². The molecule has 3 rings (SSSR count). The van der Waals surface area contributed by atoms with Gasteiger partial charge in [-0.3, -0.25) is 10.1 Å². The number of hydrogen-bond donors (Lipinski definition) is 1. The monoisotopic (exact) mass is 334 g/mol. The first-order valence-electron chi connectivity index (χ1n) is 6.51. The number of hydrogen-bond acceptors (Lipinski definition) is 3. The minimum atomic E-state index is -0.785. The second kappa shape index (κ2) is 6.21. The zero-order valence-electron chi connectivity index (χ0n) is 11.5. The van der Waals surface area contributed by atoms with Gasteiger partial charge in [-0.2, -0.15) is 0 Å². The van der Waals surface area contributed by atoms with E-state index in [0.717, 1.165) is 23.5 Å². The van der Waals surface area contributed by atoms with Gasteiger partial charge in [0.05, 0.1) is 4.70 Å². The van der Waals surface area contributed by atoms with Gasteiger partial charge in [-0.15, -0.1) is 0 Å². The maximum atomic E-state index is 13.5. The lowest BCUT2D eigenvalue weighted by Crippen LogP contribution is -2.07. The van der Waals surface area contributed by atoms with Gasteiger partial charge < -0.3 is 0 Å². The maximum absolute atomic E-state index is 13.5. The SMILES string of the molecule is O=C(/C=C/c1cccc(F)c1)Nc1nc2c(F)cc(F)cc2s1. The molecule has 23 heavy (non-hydrogen) atoms. The molecule has 0 saturated carbocycles. The highest BCUT2D eigenvalue weighted by Crippen LogP contribution is 2.28. The maximum Gasteiger partial charge on any atom is 0.250 e. The molecule has 3 nitrogen and oxygen atoms in total. The lowest BCUT2D eigenvalue weighted by Gasteiger charge is -1.96. The lowest BCUT2D eigenvalue weighted by atomic mass is 10.2. The third kappa shape index (κ3) is 3.57. The summed E-state index contributed by atoms with van der Waals surface area (Å²) in [5, 5.41) is 2.61. The van der Waals surface area contributed by atoms with Gasteiger partial charge in [0.25, 0.3) is 0 Å². The van der Waals surface area contributed by atoms with E-state index >= 15 is 0 Å². The second-order valence-corrected chi connectivity index (χ2v) is 5.66. The molecule has 0 fully saturated rings. The Morgan fingerprint density at radius 2 is 1.96 bits per heavy atom. The summed E-state index contributed by atoms with van der Waals surface area (Å²) in [6.45, 7) is 0. The minimum absolute atomic E-state index is 0.000750. The Morgan fingerprint density at radius 1 is 1.13 bits per heavy atom. The van der Waals surface area contributed by atoms with Crippen molar-refractivity contribution in [2.24, 2.45) is 0 Å². The number of fused-ring (bicyclic) bond motifs is 1. The zero-order valence-corrected chi connectivity index (χ0v) is 12.3. The van der Waals surface area contributed by atoms with E-state index in [0.29, 0.717) is 10.3 Å². The highest BCUT2D eigenvalue weighted by atomic mass is 32.1. The van der Waals surface area contributed by atoms with Crippen molar-refractivity contribution in [2.75, 3.05) is 5.32 Å². The van der Waals surface area contributed by atoms with Gasteiger partial charge in [-0.05, 0) is 29.8 Å². The van der Waals surface area contributed by atoms with Crippen molar-refractivity contribution >= 4 is 38.7 Å². The Bertz CT molecular complexity index is 921. The fourth-order valence-electron chi connectivity index (χ4n) is 1.94. The van der Waals surface area contributed by atoms with Crippen molar-refractivity contribution in [2.45, 2.75) is 0 Å². The van der Waals surface area contributed by atoms with Crippen molar-refractivity contribution in [3.8, 4) is 0 Å². The van der Waals surface area contributed by atoms with Crippen molar-refractivity contribution in [3.63, 3.8) is 0 Å². The number of thiazole rings is 1. The standard InChI is InChI=1S/C16H9F3N2OS/c17-10-3-1-2-9(6-10)4-5-14(22)20-16-21-15-12(19)7-11(18)8-13(15)23-16/h1-8H,(H,20,21,22)/b5-4+. The molecule has 0 unspecified atom stereocenters. The number of halogens is 3. The fourth-order valence-corrected chi connectivity index (χ4v) is 2.85. The molecule has 0 saturated heterocycles. The van der Waals surface area contributed by atoms with Crippen molar-refractivity contribution in [1.82, 2.24) is 4.98 Å². The van der Waals surface area contributed by atoms with Crippen LogP contribution in [-0.2, 0) is 4.79 Å². The van der Waals surface area contributed by atoms with Gasteiger partial charge in [0.1, 0.15) is 17.2 Å². The van der Waals surface area contributed by atoms with Gasteiger partial charge >= 0.3 is 0 Å². The molecule has 2 aromatic carbocycles. The van der Waals surface area contributed by atoms with Crippen LogP contribution in [0.5, 0.6) is 0 Å². The van der Waals surface area contributed by atoms with Crippen LogP contribution in [0.2, 0.25) is 0 Å². The molecular weight excluding hydrogens is 325 g/mol. The van der Waals surface area contributed by atoms with E-state index in [1.54, 1.807) is 6.07 Å². The average molecular weight is 334 g/mol. The van der Waals surface area contributed by atoms with Crippen LogP contribution in [0.25, 0.3) is 16.3 Å². The van der Waals surface area contributed by atoms with E-state index in [4.69, 9.17) is 0 Å². The highest BCUT2D eigenvalue weighted by Gasteiger charge is 2.11. The van der Waals surface area contributed by atoms with Gasteiger partial charge in [0, 0.05) is 12.1 Å². The molecule has 7 heteroatoms. The van der Waals surface area contributed by atoms with Crippen molar-refractivity contribution < 1.29 is 18.0 Å². The molecule has 0 bridgehead atoms. The fraction of sp³-hybridized carbons (Fsp3) is 0. The van der Waals surface area contributed by atoms with E-state index < -0.39 is 23.4 Å². The Kier molecular flexibility index (Phi) is 4.12. The number of carbonyl (C=O) groups excluding carboxylic acids is 1. The molecule has 0 aliphatic heterocycles. The summed E-state index contributed by atoms with van der Waals surface area (Å²) in [5.41, 5.74) is 0.526. The largest absolute Gasteiger partial charge is 0.298 e. The molecule has 1 amide bonds. The van der Waals surface area contributed by atoms with Gasteiger partial charge in [0.15, 0.2) is 10.9 Å². The first kappa shape index (κ1) is 15.2. The molecule has 0 aliphatic carbocycles. The Balaban J connectivity index is 1.76. The van der Waals surface area contributed by atoms with Crippen LogP contribution in [0, 0.1) is 17.5 Å². The molecule has 1 heterocycles. The number of rotatable bonds is 3. The number of benzene rings is 2. The summed E-state index contributed by atoms with van der Waals surface area (Å²) < 4.78 is 40.0. The minimum Gasteiger partial charge on any atom is -0.298 e. The van der Waals surface area contributed by atoms with E-state index in [2.05, 4.69) is 10.3 Å². The van der Waals surface area contributed by atoms with Crippen LogP contribution < -0.4 is 5.32 Å². The molecule has 0 aliphatic rings. The van der Waals surface area contributed by atoms with Crippen LogP contribution in [0.3, 0.4) is 0 Å². The van der Waals surface area contributed by atoms with Crippen LogP contribution in [0.4, 0.5) is 18.3 Å². The molecular formula is C16H9F3N2OS. The van der Waals surface area contributed by atoms with Crippen LogP contribution in [0.1, 0.15) is 5.56 Å². The predicted molar refractivity (Wildman–Crippen MR) is 83.6 cm³/mol. The normalized spacial score (nSPS) is 11.3. The second-order valence-electron chi connectivity index (χ2n) is 4.63. The molecule has 0 spiro atoms. The predicted octanol–water partition coefficient (Wildman–Crippen LogP) is 4.37. The summed E-state index contributed by atoms with van der Waals surface area (Å²) in [6, 6.07) is 7.62. The number of amides is 1. The third-order valence-corrected chi connectivity index (χ3v) is 3.84. The van der Waals surface area contributed by atoms with E-state index in [9.17, 15) is 18.0 Å². The van der Waals surface area contributed by atoms with E-state index in [-0.39, 0.29) is 10.6 Å². The molecule has 116 valence electrons. The summed E-state index contributed by atoms with van der Waals surface area (Å²) >= 11 is 0.961. The lowest BCUT2D eigenvalue weighted by molar-refractivity contribution is -0.111. The van der Waals surface area contributed by atoms with Crippen LogP contribution in [-0.4, -0.2) is 10.9 Å². The topological polar surface area (TPSA) is 42.0 Å². The highest BCUT2D eigenvalue weighted by molar-refractivity contribution is 7.22. The van der Waals surface area contributed by atoms with Crippen LogP contribution >= 0.6 is 11.3 Å². The third-order valence-electron chi connectivity index (χ3n) is 2.92. The Labute approximate surface area is 133 Å². The quantitative estimate of drug-likeness (QED) is 0.723.